The molecule has 5 nitrogen and oxygen atoms in total. The fourth-order valence-electron chi connectivity index (χ4n) is 3.16. The van der Waals surface area contributed by atoms with Gasteiger partial charge in [-0.25, -0.2) is 4.79 Å². The number of carbonyl (C=O) groups is 2. The van der Waals surface area contributed by atoms with Gasteiger partial charge >= 0.3 is 12.0 Å². The highest BCUT2D eigenvalue weighted by atomic mass is 16.4. The van der Waals surface area contributed by atoms with Crippen LogP contribution in [0.5, 0.6) is 0 Å². The molecule has 1 saturated heterocycles. The minimum atomic E-state index is -0.813. The van der Waals surface area contributed by atoms with Crippen LogP contribution in [0.15, 0.2) is 11.6 Å². The first-order valence-electron chi connectivity index (χ1n) is 7.95. The number of nitrogens with zero attached hydrogens (tertiary/aromatic N) is 1. The summed E-state index contributed by atoms with van der Waals surface area (Å²) in [4.78, 5) is 25.1. The maximum absolute atomic E-state index is 12.2. The minimum absolute atomic E-state index is 0.126. The zero-order valence-electron chi connectivity index (χ0n) is 12.9. The minimum Gasteiger partial charge on any atom is -0.481 e. The van der Waals surface area contributed by atoms with Crippen molar-refractivity contribution in [1.29, 1.82) is 0 Å². The number of likely N-dealkylation sites (tertiary alicyclic amines) is 1. The van der Waals surface area contributed by atoms with Crippen molar-refractivity contribution in [3.63, 3.8) is 0 Å². The van der Waals surface area contributed by atoms with Gasteiger partial charge in [-0.1, -0.05) is 11.6 Å². The van der Waals surface area contributed by atoms with Crippen LogP contribution in [0.1, 0.15) is 51.9 Å². The van der Waals surface area contributed by atoms with Crippen molar-refractivity contribution >= 4 is 12.0 Å². The van der Waals surface area contributed by atoms with E-state index < -0.39 is 11.4 Å². The molecule has 0 aromatic carbocycles. The SMILES string of the molecule is CC1(C(=O)O)CCCN(C(=O)NCCC2=CCCCC2)C1. The number of urea groups is 1. The highest BCUT2D eigenvalue weighted by Crippen LogP contribution is 2.29. The quantitative estimate of drug-likeness (QED) is 0.783. The van der Waals surface area contributed by atoms with Gasteiger partial charge in [0.25, 0.3) is 0 Å². The molecule has 1 unspecified atom stereocenters. The van der Waals surface area contributed by atoms with Crippen LogP contribution in [0.4, 0.5) is 4.79 Å². The van der Waals surface area contributed by atoms with E-state index in [-0.39, 0.29) is 6.03 Å². The number of carboxylic acid groups (broad SMARTS) is 1. The Kier molecular flexibility index (Phi) is 5.26. The number of carbonyl (C=O) groups excluding carboxylic acids is 1. The molecule has 2 amide bonds. The molecule has 0 aromatic heterocycles. The number of amides is 2. The van der Waals surface area contributed by atoms with Gasteiger partial charge in [-0.15, -0.1) is 0 Å². The second-order valence-corrected chi connectivity index (χ2v) is 6.48. The zero-order chi connectivity index (χ0) is 15.3. The molecule has 1 heterocycles. The van der Waals surface area contributed by atoms with E-state index in [2.05, 4.69) is 11.4 Å². The van der Waals surface area contributed by atoms with Crippen molar-refractivity contribution in [3.8, 4) is 0 Å². The summed E-state index contributed by atoms with van der Waals surface area (Å²) < 4.78 is 0. The van der Waals surface area contributed by atoms with Gasteiger partial charge in [0, 0.05) is 19.6 Å². The van der Waals surface area contributed by atoms with E-state index in [1.165, 1.54) is 18.4 Å². The van der Waals surface area contributed by atoms with Crippen LogP contribution >= 0.6 is 0 Å². The van der Waals surface area contributed by atoms with Crippen molar-refractivity contribution in [2.45, 2.75) is 51.9 Å². The summed E-state index contributed by atoms with van der Waals surface area (Å²) in [5.41, 5.74) is 0.636. The molecule has 1 aliphatic heterocycles. The van der Waals surface area contributed by atoms with E-state index >= 15 is 0 Å². The van der Waals surface area contributed by atoms with Crippen LogP contribution in [0, 0.1) is 5.41 Å². The van der Waals surface area contributed by atoms with Crippen LogP contribution in [-0.2, 0) is 4.79 Å². The molecule has 0 saturated carbocycles. The zero-order valence-corrected chi connectivity index (χ0v) is 12.9. The lowest BCUT2D eigenvalue weighted by atomic mass is 9.82. The Morgan fingerprint density at radius 2 is 2.19 bits per heavy atom. The lowest BCUT2D eigenvalue weighted by Crippen LogP contribution is -2.51. The summed E-state index contributed by atoms with van der Waals surface area (Å²) in [7, 11) is 0. The average molecular weight is 294 g/mol. The second-order valence-electron chi connectivity index (χ2n) is 6.48. The van der Waals surface area contributed by atoms with Gasteiger partial charge in [0.15, 0.2) is 0 Å². The van der Waals surface area contributed by atoms with Crippen molar-refractivity contribution in [2.24, 2.45) is 5.41 Å². The summed E-state index contributed by atoms with van der Waals surface area (Å²) >= 11 is 0. The third kappa shape index (κ3) is 4.22. The number of carboxylic acids is 1. The third-order valence-corrected chi connectivity index (χ3v) is 4.61. The summed E-state index contributed by atoms with van der Waals surface area (Å²) in [5.74, 6) is -0.813. The Bertz CT molecular complexity index is 433. The standard InChI is InChI=1S/C16H26N2O3/c1-16(14(19)20)9-5-11-18(12-16)15(21)17-10-8-13-6-3-2-4-7-13/h6H,2-5,7-12H2,1H3,(H,17,21)(H,19,20). The first-order valence-corrected chi connectivity index (χ1v) is 7.95. The molecule has 2 rings (SSSR count). The predicted molar refractivity (Wildman–Crippen MR) is 81.1 cm³/mol. The van der Waals surface area contributed by atoms with E-state index in [1.807, 2.05) is 0 Å². The number of allylic oxidation sites excluding steroid dienone is 1. The molecule has 0 aromatic rings. The summed E-state index contributed by atoms with van der Waals surface area (Å²) in [5, 5.41) is 12.2. The highest BCUT2D eigenvalue weighted by molar-refractivity contribution is 5.78. The van der Waals surface area contributed by atoms with E-state index in [0.29, 0.717) is 26.1 Å². The van der Waals surface area contributed by atoms with Crippen molar-refractivity contribution < 1.29 is 14.7 Å². The van der Waals surface area contributed by atoms with E-state index in [0.717, 1.165) is 25.7 Å². The Balaban J connectivity index is 1.77. The van der Waals surface area contributed by atoms with Gasteiger partial charge in [0.2, 0.25) is 0 Å². The van der Waals surface area contributed by atoms with Crippen molar-refractivity contribution in [1.82, 2.24) is 10.2 Å². The van der Waals surface area contributed by atoms with Crippen LogP contribution < -0.4 is 5.32 Å². The van der Waals surface area contributed by atoms with E-state index in [1.54, 1.807) is 11.8 Å². The molecule has 2 N–H and O–H groups in total. The molecular weight excluding hydrogens is 268 g/mol. The second kappa shape index (κ2) is 6.96. The molecule has 0 radical (unpaired) electrons. The number of hydrogen-bond acceptors (Lipinski definition) is 2. The molecule has 1 atom stereocenters. The Hall–Kier alpha value is -1.52. The van der Waals surface area contributed by atoms with E-state index in [9.17, 15) is 14.7 Å². The first-order chi connectivity index (χ1) is 10.0. The lowest BCUT2D eigenvalue weighted by Gasteiger charge is -2.37. The van der Waals surface area contributed by atoms with Gasteiger partial charge in [0.1, 0.15) is 0 Å². The summed E-state index contributed by atoms with van der Waals surface area (Å²) in [6, 6.07) is -0.126. The lowest BCUT2D eigenvalue weighted by molar-refractivity contribution is -0.150. The Morgan fingerprint density at radius 3 is 2.86 bits per heavy atom. The first kappa shape index (κ1) is 15.9. The number of aliphatic carboxylic acids is 1. The van der Waals surface area contributed by atoms with Gasteiger partial charge in [-0.05, 0) is 51.9 Å². The van der Waals surface area contributed by atoms with Crippen LogP contribution in [0.3, 0.4) is 0 Å². The van der Waals surface area contributed by atoms with Crippen LogP contribution in [0.2, 0.25) is 0 Å². The largest absolute Gasteiger partial charge is 0.481 e. The highest BCUT2D eigenvalue weighted by Gasteiger charge is 2.39. The number of rotatable bonds is 4. The smallest absolute Gasteiger partial charge is 0.317 e. The maximum atomic E-state index is 12.2. The molecule has 118 valence electrons. The third-order valence-electron chi connectivity index (χ3n) is 4.61. The topological polar surface area (TPSA) is 69.6 Å². The van der Waals surface area contributed by atoms with Crippen molar-refractivity contribution in [3.05, 3.63) is 11.6 Å². The normalized spacial score (nSPS) is 26.1. The monoisotopic (exact) mass is 294 g/mol. The fourth-order valence-corrected chi connectivity index (χ4v) is 3.16. The van der Waals surface area contributed by atoms with Crippen molar-refractivity contribution in [2.75, 3.05) is 19.6 Å². The maximum Gasteiger partial charge on any atom is 0.317 e. The molecule has 0 bridgehead atoms. The molecule has 2 aliphatic rings. The van der Waals surface area contributed by atoms with Gasteiger partial charge < -0.3 is 15.3 Å². The predicted octanol–water partition coefficient (Wildman–Crippen LogP) is 2.77. The average Bonchev–Trinajstić information content (AvgIpc) is 2.48. The molecule has 1 fully saturated rings. The Labute approximate surface area is 126 Å². The van der Waals surface area contributed by atoms with Crippen LogP contribution in [0.25, 0.3) is 0 Å². The fraction of sp³-hybridized carbons (Fsp3) is 0.750. The number of nitrogens with one attached hydrogen (secondary N) is 1. The van der Waals surface area contributed by atoms with Crippen LogP contribution in [-0.4, -0.2) is 41.6 Å². The van der Waals surface area contributed by atoms with Gasteiger partial charge in [0.05, 0.1) is 5.41 Å². The van der Waals surface area contributed by atoms with Gasteiger partial charge in [-0.2, -0.15) is 0 Å². The van der Waals surface area contributed by atoms with Gasteiger partial charge in [-0.3, -0.25) is 4.79 Å². The number of hydrogen-bond donors (Lipinski definition) is 2. The summed E-state index contributed by atoms with van der Waals surface area (Å²) in [6.45, 7) is 3.32. The number of piperidine rings is 1. The summed E-state index contributed by atoms with van der Waals surface area (Å²) in [6.07, 6.45) is 9.43. The molecular formula is C16H26N2O3. The molecule has 21 heavy (non-hydrogen) atoms. The molecule has 5 heteroatoms. The Morgan fingerprint density at radius 1 is 1.38 bits per heavy atom. The van der Waals surface area contributed by atoms with E-state index in [4.69, 9.17) is 0 Å². The molecule has 1 aliphatic carbocycles. The molecule has 0 spiro atoms.